The predicted octanol–water partition coefficient (Wildman–Crippen LogP) is 1.03. The van der Waals surface area contributed by atoms with E-state index in [4.69, 9.17) is 9.84 Å². The van der Waals surface area contributed by atoms with Gasteiger partial charge in [-0.15, -0.1) is 0 Å². The van der Waals surface area contributed by atoms with Gasteiger partial charge in [-0.1, -0.05) is 12.1 Å². The van der Waals surface area contributed by atoms with Crippen LogP contribution in [0.15, 0.2) is 18.2 Å². The molecule has 17 heavy (non-hydrogen) atoms. The van der Waals surface area contributed by atoms with E-state index in [-0.39, 0.29) is 25.2 Å². The maximum absolute atomic E-state index is 11.8. The average molecular weight is 235 g/mol. The van der Waals surface area contributed by atoms with Crippen molar-refractivity contribution in [2.24, 2.45) is 0 Å². The number of hydrogen-bond donors (Lipinski definition) is 1. The Morgan fingerprint density at radius 3 is 2.94 bits per heavy atom. The zero-order chi connectivity index (χ0) is 12.4. The third-order valence-corrected chi connectivity index (χ3v) is 3.20. The number of aliphatic hydroxyl groups excluding tert-OH is 1. The van der Waals surface area contributed by atoms with Crippen LogP contribution < -0.4 is 4.90 Å². The van der Waals surface area contributed by atoms with Gasteiger partial charge in [0.05, 0.1) is 19.3 Å². The van der Waals surface area contributed by atoms with Gasteiger partial charge in [0.15, 0.2) is 0 Å². The minimum absolute atomic E-state index is 0.0403. The molecule has 1 aromatic rings. The van der Waals surface area contributed by atoms with Crippen LogP contribution in [0.4, 0.5) is 5.69 Å². The molecule has 1 N–H and O–H groups in total. The summed E-state index contributed by atoms with van der Waals surface area (Å²) in [6, 6.07) is 5.89. The molecule has 1 unspecified atom stereocenters. The van der Waals surface area contributed by atoms with Gasteiger partial charge in [0.1, 0.15) is 6.61 Å². The molecule has 0 aromatic heterocycles. The van der Waals surface area contributed by atoms with Gasteiger partial charge in [-0.3, -0.25) is 4.79 Å². The van der Waals surface area contributed by atoms with Crippen molar-refractivity contribution < 1.29 is 14.6 Å². The Bertz CT molecular complexity index is 431. The number of anilines is 1. The first-order chi connectivity index (χ1) is 8.13. The molecule has 1 heterocycles. The van der Waals surface area contributed by atoms with Crippen LogP contribution in [-0.2, 0) is 9.53 Å². The quantitative estimate of drug-likeness (QED) is 0.833. The summed E-state index contributed by atoms with van der Waals surface area (Å²) in [5.41, 5.74) is 3.17. The molecule has 1 fully saturated rings. The molecule has 1 aliphatic heterocycles. The highest BCUT2D eigenvalue weighted by Crippen LogP contribution is 2.25. The fourth-order valence-electron chi connectivity index (χ4n) is 2.00. The second kappa shape index (κ2) is 4.85. The molecule has 1 aromatic carbocycles. The summed E-state index contributed by atoms with van der Waals surface area (Å²) in [6.07, 6.45) is -0.285. The van der Waals surface area contributed by atoms with Crippen molar-refractivity contribution in [3.05, 3.63) is 29.3 Å². The van der Waals surface area contributed by atoms with Crippen molar-refractivity contribution in [2.45, 2.75) is 20.0 Å². The summed E-state index contributed by atoms with van der Waals surface area (Å²) in [5, 5.41) is 9.10. The van der Waals surface area contributed by atoms with Gasteiger partial charge in [0.25, 0.3) is 5.91 Å². The summed E-state index contributed by atoms with van der Waals surface area (Å²) in [4.78, 5) is 13.5. The number of carbonyl (C=O) groups is 1. The molecule has 1 amide bonds. The van der Waals surface area contributed by atoms with Crippen LogP contribution in [0.3, 0.4) is 0 Å². The second-order valence-corrected chi connectivity index (χ2v) is 4.34. The van der Waals surface area contributed by atoms with Crippen LogP contribution in [0.25, 0.3) is 0 Å². The second-order valence-electron chi connectivity index (χ2n) is 4.34. The lowest BCUT2D eigenvalue weighted by Gasteiger charge is -2.33. The van der Waals surface area contributed by atoms with Crippen molar-refractivity contribution in [1.29, 1.82) is 0 Å². The molecular formula is C13H17NO3. The van der Waals surface area contributed by atoms with Gasteiger partial charge in [-0.2, -0.15) is 0 Å². The number of morpholine rings is 1. The van der Waals surface area contributed by atoms with E-state index in [1.54, 1.807) is 4.90 Å². The molecule has 0 saturated carbocycles. The molecule has 4 nitrogen and oxygen atoms in total. The van der Waals surface area contributed by atoms with Crippen molar-refractivity contribution in [3.8, 4) is 0 Å². The lowest BCUT2D eigenvalue weighted by atomic mass is 10.1. The number of carbonyl (C=O) groups excluding carboxylic acids is 1. The standard InChI is InChI=1S/C13H17NO3/c1-9-4-3-5-12(10(9)2)14-6-11(7-15)17-8-13(14)16/h3-5,11,15H,6-8H2,1-2H3. The lowest BCUT2D eigenvalue weighted by molar-refractivity contribution is -0.130. The molecule has 1 saturated heterocycles. The summed E-state index contributed by atoms with van der Waals surface area (Å²) in [6.45, 7) is 4.42. The largest absolute Gasteiger partial charge is 0.394 e. The van der Waals surface area contributed by atoms with E-state index in [2.05, 4.69) is 0 Å². The van der Waals surface area contributed by atoms with E-state index in [9.17, 15) is 4.79 Å². The predicted molar refractivity (Wildman–Crippen MR) is 65.1 cm³/mol. The van der Waals surface area contributed by atoms with Crippen LogP contribution in [0.1, 0.15) is 11.1 Å². The normalized spacial score (nSPS) is 20.8. The number of benzene rings is 1. The molecule has 1 atom stereocenters. The number of hydrogen-bond acceptors (Lipinski definition) is 3. The molecule has 0 spiro atoms. The first-order valence-corrected chi connectivity index (χ1v) is 5.72. The Morgan fingerprint density at radius 1 is 1.47 bits per heavy atom. The monoisotopic (exact) mass is 235 g/mol. The van der Waals surface area contributed by atoms with Crippen molar-refractivity contribution in [2.75, 3.05) is 24.7 Å². The first kappa shape index (κ1) is 12.1. The maximum Gasteiger partial charge on any atom is 0.253 e. The van der Waals surface area contributed by atoms with Crippen molar-refractivity contribution >= 4 is 11.6 Å². The van der Waals surface area contributed by atoms with Crippen molar-refractivity contribution in [3.63, 3.8) is 0 Å². The van der Waals surface area contributed by atoms with E-state index < -0.39 is 0 Å². The Labute approximate surface area is 101 Å². The highest BCUT2D eigenvalue weighted by molar-refractivity contribution is 5.95. The fraction of sp³-hybridized carbons (Fsp3) is 0.462. The zero-order valence-electron chi connectivity index (χ0n) is 10.1. The smallest absolute Gasteiger partial charge is 0.253 e. The number of ether oxygens (including phenoxy) is 1. The summed E-state index contributed by atoms with van der Waals surface area (Å²) in [7, 11) is 0. The number of nitrogens with zero attached hydrogens (tertiary/aromatic N) is 1. The summed E-state index contributed by atoms with van der Waals surface area (Å²) >= 11 is 0. The van der Waals surface area contributed by atoms with E-state index >= 15 is 0 Å². The Morgan fingerprint density at radius 2 is 2.24 bits per heavy atom. The number of aryl methyl sites for hydroxylation is 1. The van der Waals surface area contributed by atoms with E-state index in [1.165, 1.54) is 0 Å². The van der Waals surface area contributed by atoms with Crippen LogP contribution in [-0.4, -0.2) is 36.9 Å². The van der Waals surface area contributed by atoms with Gasteiger partial charge in [0, 0.05) is 5.69 Å². The van der Waals surface area contributed by atoms with Crippen LogP contribution >= 0.6 is 0 Å². The fourth-order valence-corrected chi connectivity index (χ4v) is 2.00. The molecule has 2 rings (SSSR count). The zero-order valence-corrected chi connectivity index (χ0v) is 10.1. The third-order valence-electron chi connectivity index (χ3n) is 3.20. The molecule has 92 valence electrons. The highest BCUT2D eigenvalue weighted by Gasteiger charge is 2.27. The molecule has 0 radical (unpaired) electrons. The summed E-state index contributed by atoms with van der Waals surface area (Å²) < 4.78 is 5.22. The van der Waals surface area contributed by atoms with E-state index in [0.29, 0.717) is 6.54 Å². The number of rotatable bonds is 2. The number of amides is 1. The van der Waals surface area contributed by atoms with Crippen LogP contribution in [0.2, 0.25) is 0 Å². The van der Waals surface area contributed by atoms with Gasteiger partial charge < -0.3 is 14.7 Å². The lowest BCUT2D eigenvalue weighted by Crippen LogP contribution is -2.48. The molecule has 0 bridgehead atoms. The minimum Gasteiger partial charge on any atom is -0.394 e. The van der Waals surface area contributed by atoms with Gasteiger partial charge >= 0.3 is 0 Å². The SMILES string of the molecule is Cc1cccc(N2CC(CO)OCC2=O)c1C. The Hall–Kier alpha value is -1.39. The molecule has 4 heteroatoms. The Balaban J connectivity index is 2.31. The van der Waals surface area contributed by atoms with Gasteiger partial charge in [-0.25, -0.2) is 0 Å². The minimum atomic E-state index is -0.285. The molecular weight excluding hydrogens is 218 g/mol. The van der Waals surface area contributed by atoms with Crippen LogP contribution in [0.5, 0.6) is 0 Å². The molecule has 0 aliphatic carbocycles. The average Bonchev–Trinajstić information content (AvgIpc) is 2.34. The topological polar surface area (TPSA) is 49.8 Å². The van der Waals surface area contributed by atoms with Gasteiger partial charge in [-0.05, 0) is 31.0 Å². The number of aliphatic hydroxyl groups is 1. The molecule has 1 aliphatic rings. The van der Waals surface area contributed by atoms with E-state index in [1.807, 2.05) is 32.0 Å². The maximum atomic E-state index is 11.8. The van der Waals surface area contributed by atoms with Gasteiger partial charge in [0.2, 0.25) is 0 Å². The summed E-state index contributed by atoms with van der Waals surface area (Å²) in [5.74, 6) is -0.0524. The third kappa shape index (κ3) is 2.33. The van der Waals surface area contributed by atoms with Crippen molar-refractivity contribution in [1.82, 2.24) is 0 Å². The Kier molecular flexibility index (Phi) is 3.45. The first-order valence-electron chi connectivity index (χ1n) is 5.72. The van der Waals surface area contributed by atoms with E-state index in [0.717, 1.165) is 16.8 Å². The highest BCUT2D eigenvalue weighted by atomic mass is 16.5. The van der Waals surface area contributed by atoms with Crippen LogP contribution in [0, 0.1) is 13.8 Å².